The molecule has 2 aromatic rings. The van der Waals surface area contributed by atoms with E-state index in [1.807, 2.05) is 0 Å². The summed E-state index contributed by atoms with van der Waals surface area (Å²) in [7, 11) is 0. The quantitative estimate of drug-likeness (QED) is 0.649. The predicted octanol–water partition coefficient (Wildman–Crippen LogP) is 2.53. The van der Waals surface area contributed by atoms with E-state index in [1.165, 1.54) is 11.8 Å². The van der Waals surface area contributed by atoms with Crippen molar-refractivity contribution in [3.8, 4) is 0 Å². The van der Waals surface area contributed by atoms with Crippen molar-refractivity contribution in [3.05, 3.63) is 29.7 Å². The number of nitrogens with zero attached hydrogens (tertiary/aromatic N) is 5. The van der Waals surface area contributed by atoms with Crippen LogP contribution in [0.25, 0.3) is 0 Å². The number of hydrogen-bond donors (Lipinski definition) is 2. The molecule has 0 amide bonds. The highest BCUT2D eigenvalue weighted by atomic mass is 35.5. The van der Waals surface area contributed by atoms with Crippen LogP contribution in [0.1, 0.15) is 19.8 Å². The van der Waals surface area contributed by atoms with Crippen molar-refractivity contribution in [3.63, 3.8) is 0 Å². The van der Waals surface area contributed by atoms with Crippen LogP contribution in [-0.4, -0.2) is 76.8 Å². The number of piperidine rings is 1. The van der Waals surface area contributed by atoms with Gasteiger partial charge >= 0.3 is 0 Å². The minimum Gasteiger partial charge on any atom is -0.393 e. The van der Waals surface area contributed by atoms with Gasteiger partial charge in [0, 0.05) is 30.2 Å². The summed E-state index contributed by atoms with van der Waals surface area (Å²) in [5.41, 5.74) is 4.63. The SMILES string of the molecule is C[C@@H]1COC2(CCN(c3cnc(Sc4ccnc(N5CC(F)(CO)C5)c4Cl)cn3)CC2)[C@@H]1N. The maximum absolute atomic E-state index is 14.1. The van der Waals surface area contributed by atoms with E-state index < -0.39 is 12.3 Å². The fourth-order valence-corrected chi connectivity index (χ4v) is 5.94. The number of pyridine rings is 1. The number of nitrogens with two attached hydrogens (primary N) is 1. The lowest BCUT2D eigenvalue weighted by atomic mass is 9.82. The summed E-state index contributed by atoms with van der Waals surface area (Å²) in [4.78, 5) is 18.2. The Hall–Kier alpha value is -1.72. The molecule has 2 aromatic heterocycles. The average molecular weight is 495 g/mol. The largest absolute Gasteiger partial charge is 0.393 e. The van der Waals surface area contributed by atoms with Crippen molar-refractivity contribution in [2.24, 2.45) is 11.7 Å². The van der Waals surface area contributed by atoms with Crippen LogP contribution in [0.15, 0.2) is 34.6 Å². The van der Waals surface area contributed by atoms with Gasteiger partial charge < -0.3 is 25.4 Å². The summed E-state index contributed by atoms with van der Waals surface area (Å²) in [5, 5.41) is 10.3. The molecule has 3 aliphatic heterocycles. The van der Waals surface area contributed by atoms with Crippen LogP contribution in [-0.2, 0) is 4.74 Å². The fourth-order valence-electron chi connectivity index (χ4n) is 4.85. The molecular formula is C22H28ClFN6O2S. The minimum absolute atomic E-state index is 0.0742. The van der Waals surface area contributed by atoms with Crippen molar-refractivity contribution < 1.29 is 14.2 Å². The van der Waals surface area contributed by atoms with Crippen LogP contribution >= 0.6 is 23.4 Å². The topological polar surface area (TPSA) is 101 Å². The Morgan fingerprint density at radius 2 is 2.00 bits per heavy atom. The maximum atomic E-state index is 14.1. The van der Waals surface area contributed by atoms with Gasteiger partial charge in [-0.3, -0.25) is 0 Å². The monoisotopic (exact) mass is 494 g/mol. The third-order valence-electron chi connectivity index (χ3n) is 6.98. The van der Waals surface area contributed by atoms with E-state index in [2.05, 4.69) is 26.8 Å². The zero-order valence-electron chi connectivity index (χ0n) is 18.5. The van der Waals surface area contributed by atoms with Gasteiger partial charge in [0.2, 0.25) is 0 Å². The lowest BCUT2D eigenvalue weighted by Crippen LogP contribution is -2.61. The van der Waals surface area contributed by atoms with Gasteiger partial charge in [-0.2, -0.15) is 0 Å². The number of anilines is 2. The predicted molar refractivity (Wildman–Crippen MR) is 126 cm³/mol. The van der Waals surface area contributed by atoms with E-state index in [-0.39, 0.29) is 24.7 Å². The molecule has 0 aromatic carbocycles. The molecule has 3 fully saturated rings. The summed E-state index contributed by atoms with van der Waals surface area (Å²) in [6.07, 6.45) is 6.94. The van der Waals surface area contributed by atoms with E-state index in [9.17, 15) is 4.39 Å². The van der Waals surface area contributed by atoms with Gasteiger partial charge in [-0.05, 0) is 24.8 Å². The number of hydrogen-bond acceptors (Lipinski definition) is 9. The fraction of sp³-hybridized carbons (Fsp3) is 0.591. The van der Waals surface area contributed by atoms with Crippen molar-refractivity contribution >= 4 is 35.0 Å². The summed E-state index contributed by atoms with van der Waals surface area (Å²) in [6, 6.07) is 1.89. The summed E-state index contributed by atoms with van der Waals surface area (Å²) in [6.45, 7) is 4.20. The van der Waals surface area contributed by atoms with Crippen LogP contribution in [0.5, 0.6) is 0 Å². The Morgan fingerprint density at radius 3 is 2.61 bits per heavy atom. The van der Waals surface area contributed by atoms with Gasteiger partial charge in [-0.1, -0.05) is 30.3 Å². The van der Waals surface area contributed by atoms with Crippen LogP contribution in [0.4, 0.5) is 16.0 Å². The second-order valence-corrected chi connectivity index (χ2v) is 10.7. The normalized spacial score (nSPS) is 26.0. The first-order valence-corrected chi connectivity index (χ1v) is 12.4. The molecule has 3 N–H and O–H groups in total. The Bertz CT molecular complexity index is 1000. The Labute approximate surface area is 201 Å². The molecule has 0 unspecified atom stereocenters. The molecule has 0 aliphatic carbocycles. The lowest BCUT2D eigenvalue weighted by molar-refractivity contribution is -0.0232. The molecule has 11 heteroatoms. The Balaban J connectivity index is 1.22. The first-order valence-electron chi connectivity index (χ1n) is 11.2. The van der Waals surface area contributed by atoms with E-state index in [0.29, 0.717) is 21.8 Å². The van der Waals surface area contributed by atoms with Crippen molar-refractivity contribution in [1.29, 1.82) is 0 Å². The highest BCUT2D eigenvalue weighted by Crippen LogP contribution is 2.41. The average Bonchev–Trinajstić information content (AvgIpc) is 3.08. The van der Waals surface area contributed by atoms with Crippen LogP contribution < -0.4 is 15.5 Å². The highest BCUT2D eigenvalue weighted by molar-refractivity contribution is 7.99. The van der Waals surface area contributed by atoms with Crippen molar-refractivity contribution in [2.45, 2.75) is 47.0 Å². The van der Waals surface area contributed by atoms with Gasteiger partial charge in [0.25, 0.3) is 0 Å². The Morgan fingerprint density at radius 1 is 1.24 bits per heavy atom. The van der Waals surface area contributed by atoms with Crippen LogP contribution in [0.3, 0.4) is 0 Å². The minimum atomic E-state index is -1.59. The second kappa shape index (κ2) is 8.81. The third-order valence-corrected chi connectivity index (χ3v) is 8.45. The lowest BCUT2D eigenvalue weighted by Gasteiger charge is -2.44. The number of halogens is 2. The molecule has 3 aliphatic rings. The van der Waals surface area contributed by atoms with Crippen LogP contribution in [0, 0.1) is 5.92 Å². The summed E-state index contributed by atoms with van der Waals surface area (Å²) >= 11 is 7.94. The first-order chi connectivity index (χ1) is 15.8. The van der Waals surface area contributed by atoms with Gasteiger partial charge in [0.15, 0.2) is 5.67 Å². The number of aliphatic hydroxyl groups is 1. The molecule has 0 bridgehead atoms. The van der Waals surface area contributed by atoms with Gasteiger partial charge in [0.05, 0.1) is 49.3 Å². The maximum Gasteiger partial charge on any atom is 0.168 e. The van der Waals surface area contributed by atoms with Gasteiger partial charge in [-0.25, -0.2) is 19.3 Å². The smallest absolute Gasteiger partial charge is 0.168 e. The van der Waals surface area contributed by atoms with E-state index in [0.717, 1.165) is 43.3 Å². The van der Waals surface area contributed by atoms with E-state index >= 15 is 0 Å². The molecule has 0 saturated carbocycles. The number of alkyl halides is 1. The van der Waals surface area contributed by atoms with Gasteiger partial charge in [-0.15, -0.1) is 0 Å². The molecule has 8 nitrogen and oxygen atoms in total. The summed E-state index contributed by atoms with van der Waals surface area (Å²) < 4.78 is 20.2. The van der Waals surface area contributed by atoms with Crippen LogP contribution in [0.2, 0.25) is 5.02 Å². The van der Waals surface area contributed by atoms with E-state index in [1.54, 1.807) is 29.6 Å². The molecule has 1 spiro atoms. The highest BCUT2D eigenvalue weighted by Gasteiger charge is 2.48. The molecule has 0 radical (unpaired) electrons. The van der Waals surface area contributed by atoms with Crippen molar-refractivity contribution in [2.75, 3.05) is 49.2 Å². The molecule has 178 valence electrons. The number of ether oxygens (including phenoxy) is 1. The molecule has 5 rings (SSSR count). The molecule has 2 atom stereocenters. The standard InChI is InChI=1S/C22H28ClFN6O2S/c1-14-10-32-22(19(14)25)3-6-29(7-4-22)16-8-28-17(9-27-16)33-15-2-5-26-20(18(15)23)30-11-21(24,12-30)13-31/h2,5,8-9,14,19,31H,3-4,6-7,10-13,25H2,1H3/t14-,19-/m1/s1. The molecular weight excluding hydrogens is 467 g/mol. The molecule has 5 heterocycles. The summed E-state index contributed by atoms with van der Waals surface area (Å²) in [5.74, 6) is 1.74. The van der Waals surface area contributed by atoms with Crippen molar-refractivity contribution in [1.82, 2.24) is 15.0 Å². The molecule has 33 heavy (non-hydrogen) atoms. The zero-order chi connectivity index (χ0) is 23.2. The first kappa shape index (κ1) is 23.0. The molecule has 3 saturated heterocycles. The second-order valence-electron chi connectivity index (χ2n) is 9.29. The third kappa shape index (κ3) is 4.27. The zero-order valence-corrected chi connectivity index (χ0v) is 20.0. The Kier molecular flexibility index (Phi) is 6.15. The van der Waals surface area contributed by atoms with E-state index in [4.69, 9.17) is 27.2 Å². The number of rotatable bonds is 5. The van der Waals surface area contributed by atoms with Gasteiger partial charge in [0.1, 0.15) is 16.7 Å². The number of aliphatic hydroxyl groups excluding tert-OH is 1. The number of aromatic nitrogens is 3.